The SMILES string of the molecule is CC(=O)SCCCCC[C@H](NC(=O)c1ccccc1)C(=O)NC1CCCC1. The number of rotatable bonds is 10. The highest BCUT2D eigenvalue weighted by atomic mass is 32.2. The van der Waals surface area contributed by atoms with Gasteiger partial charge in [0.2, 0.25) is 5.91 Å². The molecule has 0 aromatic heterocycles. The fourth-order valence-corrected chi connectivity index (χ4v) is 3.95. The molecular weight excluding hydrogens is 360 g/mol. The van der Waals surface area contributed by atoms with Crippen LogP contribution in [0.25, 0.3) is 0 Å². The zero-order valence-electron chi connectivity index (χ0n) is 16.0. The standard InChI is InChI=1S/C21H30N2O3S/c1-16(24)27-15-9-3-6-14-19(21(26)22-18-12-7-8-13-18)23-20(25)17-10-4-2-5-11-17/h2,4-5,10-11,18-19H,3,6-9,12-15H2,1H3,(H,22,26)(H,23,25)/t19-/m0/s1. The molecule has 2 N–H and O–H groups in total. The molecule has 0 aliphatic heterocycles. The van der Waals surface area contributed by atoms with E-state index in [4.69, 9.17) is 0 Å². The summed E-state index contributed by atoms with van der Waals surface area (Å²) in [6, 6.07) is 8.71. The topological polar surface area (TPSA) is 75.3 Å². The zero-order chi connectivity index (χ0) is 19.5. The quantitative estimate of drug-likeness (QED) is 0.598. The van der Waals surface area contributed by atoms with E-state index in [1.54, 1.807) is 19.1 Å². The average Bonchev–Trinajstić information content (AvgIpc) is 3.16. The third kappa shape index (κ3) is 8.16. The maximum Gasteiger partial charge on any atom is 0.251 e. The lowest BCUT2D eigenvalue weighted by Crippen LogP contribution is -2.49. The van der Waals surface area contributed by atoms with Gasteiger partial charge in [0.05, 0.1) is 0 Å². The fourth-order valence-electron chi connectivity index (χ4n) is 3.32. The van der Waals surface area contributed by atoms with E-state index in [0.29, 0.717) is 12.0 Å². The molecule has 2 rings (SSSR count). The van der Waals surface area contributed by atoms with Crippen LogP contribution in [0.2, 0.25) is 0 Å². The van der Waals surface area contributed by atoms with Crippen molar-refractivity contribution in [2.75, 3.05) is 5.75 Å². The van der Waals surface area contributed by atoms with Crippen molar-refractivity contribution in [1.29, 1.82) is 0 Å². The van der Waals surface area contributed by atoms with E-state index in [1.807, 2.05) is 18.2 Å². The molecule has 0 spiro atoms. The van der Waals surface area contributed by atoms with Crippen molar-refractivity contribution in [2.45, 2.75) is 70.4 Å². The lowest BCUT2D eigenvalue weighted by atomic mass is 10.1. The molecule has 1 aliphatic carbocycles. The molecule has 1 saturated carbocycles. The minimum Gasteiger partial charge on any atom is -0.352 e. The van der Waals surface area contributed by atoms with Gasteiger partial charge in [0.1, 0.15) is 6.04 Å². The van der Waals surface area contributed by atoms with Gasteiger partial charge < -0.3 is 10.6 Å². The molecule has 1 fully saturated rings. The molecule has 1 aromatic carbocycles. The first-order valence-corrected chi connectivity index (χ1v) is 10.8. The third-order valence-corrected chi connectivity index (χ3v) is 5.70. The second kappa shape index (κ2) is 11.8. The van der Waals surface area contributed by atoms with Crippen LogP contribution in [-0.2, 0) is 9.59 Å². The van der Waals surface area contributed by atoms with Gasteiger partial charge in [-0.1, -0.05) is 55.6 Å². The predicted octanol–water partition coefficient (Wildman–Crippen LogP) is 3.68. The highest BCUT2D eigenvalue weighted by Gasteiger charge is 2.24. The van der Waals surface area contributed by atoms with Gasteiger partial charge in [0, 0.05) is 24.3 Å². The number of carbonyl (C=O) groups excluding carboxylic acids is 3. The van der Waals surface area contributed by atoms with Gasteiger partial charge in [-0.25, -0.2) is 0 Å². The molecule has 6 heteroatoms. The molecule has 5 nitrogen and oxygen atoms in total. The Morgan fingerprint density at radius 1 is 1.07 bits per heavy atom. The van der Waals surface area contributed by atoms with Crippen LogP contribution in [0.5, 0.6) is 0 Å². The summed E-state index contributed by atoms with van der Waals surface area (Å²) in [6.07, 6.45) is 7.68. The molecule has 0 bridgehead atoms. The predicted molar refractivity (Wildman–Crippen MR) is 110 cm³/mol. The first-order chi connectivity index (χ1) is 13.1. The Kier molecular flexibility index (Phi) is 9.39. The maximum absolute atomic E-state index is 12.7. The highest BCUT2D eigenvalue weighted by Crippen LogP contribution is 2.18. The van der Waals surface area contributed by atoms with Crippen LogP contribution in [0.4, 0.5) is 0 Å². The van der Waals surface area contributed by atoms with Gasteiger partial charge in [0.25, 0.3) is 5.91 Å². The molecule has 1 aromatic rings. The van der Waals surface area contributed by atoms with Crippen LogP contribution < -0.4 is 10.6 Å². The van der Waals surface area contributed by atoms with Gasteiger partial charge in [-0.3, -0.25) is 14.4 Å². The minimum absolute atomic E-state index is 0.0794. The van der Waals surface area contributed by atoms with Crippen LogP contribution >= 0.6 is 11.8 Å². The Labute approximate surface area is 166 Å². The third-order valence-electron chi connectivity index (χ3n) is 4.80. The van der Waals surface area contributed by atoms with E-state index in [1.165, 1.54) is 11.8 Å². The number of carbonyl (C=O) groups is 3. The second-order valence-electron chi connectivity index (χ2n) is 7.07. The van der Waals surface area contributed by atoms with Crippen molar-refractivity contribution in [3.63, 3.8) is 0 Å². The number of nitrogens with one attached hydrogen (secondary N) is 2. The summed E-state index contributed by atoms with van der Waals surface area (Å²) < 4.78 is 0. The molecule has 1 aliphatic rings. The Bertz CT molecular complexity index is 615. The maximum atomic E-state index is 12.7. The molecular formula is C21H30N2O3S. The lowest BCUT2D eigenvalue weighted by Gasteiger charge is -2.21. The van der Waals surface area contributed by atoms with Crippen molar-refractivity contribution >= 4 is 28.7 Å². The van der Waals surface area contributed by atoms with Crippen molar-refractivity contribution < 1.29 is 14.4 Å². The number of benzene rings is 1. The van der Waals surface area contributed by atoms with Crippen LogP contribution in [0.15, 0.2) is 30.3 Å². The van der Waals surface area contributed by atoms with Crippen LogP contribution in [0, 0.1) is 0 Å². The molecule has 1 atom stereocenters. The highest BCUT2D eigenvalue weighted by molar-refractivity contribution is 8.13. The fraction of sp³-hybridized carbons (Fsp3) is 0.571. The monoisotopic (exact) mass is 390 g/mol. The largest absolute Gasteiger partial charge is 0.352 e. The summed E-state index contributed by atoms with van der Waals surface area (Å²) in [5, 5.41) is 6.14. The average molecular weight is 391 g/mol. The van der Waals surface area contributed by atoms with Gasteiger partial charge >= 0.3 is 0 Å². The molecule has 2 amide bonds. The molecule has 27 heavy (non-hydrogen) atoms. The number of amides is 2. The Hall–Kier alpha value is -1.82. The van der Waals surface area contributed by atoms with E-state index in [2.05, 4.69) is 10.6 Å². The molecule has 0 heterocycles. The summed E-state index contributed by atoms with van der Waals surface area (Å²) in [5.74, 6) is 0.517. The number of thioether (sulfide) groups is 1. The number of hydrogen-bond acceptors (Lipinski definition) is 4. The summed E-state index contributed by atoms with van der Waals surface area (Å²) in [6.45, 7) is 1.58. The molecule has 0 radical (unpaired) electrons. The van der Waals surface area contributed by atoms with E-state index in [9.17, 15) is 14.4 Å². The smallest absolute Gasteiger partial charge is 0.251 e. The van der Waals surface area contributed by atoms with Crippen molar-refractivity contribution in [1.82, 2.24) is 10.6 Å². The van der Waals surface area contributed by atoms with Gasteiger partial charge in [-0.05, 0) is 37.8 Å². The van der Waals surface area contributed by atoms with E-state index < -0.39 is 6.04 Å². The van der Waals surface area contributed by atoms with Crippen molar-refractivity contribution in [3.8, 4) is 0 Å². The van der Waals surface area contributed by atoms with Crippen LogP contribution in [0.3, 0.4) is 0 Å². The summed E-state index contributed by atoms with van der Waals surface area (Å²) in [5.41, 5.74) is 0.564. The number of unbranched alkanes of at least 4 members (excludes halogenated alkanes) is 2. The summed E-state index contributed by atoms with van der Waals surface area (Å²) >= 11 is 1.34. The summed E-state index contributed by atoms with van der Waals surface area (Å²) in [7, 11) is 0. The van der Waals surface area contributed by atoms with Crippen LogP contribution in [-0.4, -0.2) is 34.8 Å². The zero-order valence-corrected chi connectivity index (χ0v) is 16.9. The van der Waals surface area contributed by atoms with Gasteiger partial charge in [0.15, 0.2) is 5.12 Å². The molecule has 0 unspecified atom stereocenters. The first-order valence-electron chi connectivity index (χ1n) is 9.86. The van der Waals surface area contributed by atoms with Crippen molar-refractivity contribution in [2.24, 2.45) is 0 Å². The number of hydrogen-bond donors (Lipinski definition) is 2. The van der Waals surface area contributed by atoms with E-state index in [0.717, 1.165) is 50.7 Å². The minimum atomic E-state index is -0.515. The van der Waals surface area contributed by atoms with Crippen molar-refractivity contribution in [3.05, 3.63) is 35.9 Å². The van der Waals surface area contributed by atoms with Gasteiger partial charge in [-0.2, -0.15) is 0 Å². The Morgan fingerprint density at radius 2 is 1.78 bits per heavy atom. The lowest BCUT2D eigenvalue weighted by molar-refractivity contribution is -0.123. The molecule has 0 saturated heterocycles. The van der Waals surface area contributed by atoms with Crippen LogP contribution in [0.1, 0.15) is 68.6 Å². The van der Waals surface area contributed by atoms with E-state index in [-0.39, 0.29) is 23.0 Å². The van der Waals surface area contributed by atoms with E-state index >= 15 is 0 Å². The van der Waals surface area contributed by atoms with Gasteiger partial charge in [-0.15, -0.1) is 0 Å². The second-order valence-corrected chi connectivity index (χ2v) is 8.34. The summed E-state index contributed by atoms with van der Waals surface area (Å²) in [4.78, 5) is 36.1. The Balaban J connectivity index is 1.85. The first kappa shape index (κ1) is 21.5. The Morgan fingerprint density at radius 3 is 2.44 bits per heavy atom. The molecule has 148 valence electrons. The normalized spacial score (nSPS) is 15.3.